The van der Waals surface area contributed by atoms with Crippen LogP contribution in [0.4, 0.5) is 5.69 Å². The highest BCUT2D eigenvalue weighted by atomic mass is 35.5. The fourth-order valence-electron chi connectivity index (χ4n) is 1.48. The molecule has 2 rings (SSSR count). The summed E-state index contributed by atoms with van der Waals surface area (Å²) in [6.45, 7) is 0. The highest BCUT2D eigenvalue weighted by Crippen LogP contribution is 2.38. The van der Waals surface area contributed by atoms with Crippen LogP contribution in [0.2, 0.25) is 10.0 Å². The number of hydrogen-bond donors (Lipinski definition) is 2. The number of ether oxygens (including phenoxy) is 1. The van der Waals surface area contributed by atoms with Gasteiger partial charge in [-0.05, 0) is 6.07 Å². The first-order valence-corrected chi connectivity index (χ1v) is 6.27. The van der Waals surface area contributed by atoms with Crippen molar-refractivity contribution in [3.05, 3.63) is 56.2 Å². The minimum Gasteiger partial charge on any atom is -0.436 e. The van der Waals surface area contributed by atoms with Crippen molar-refractivity contribution in [1.29, 1.82) is 5.41 Å². The second-order valence-corrected chi connectivity index (χ2v) is 4.69. The first-order chi connectivity index (χ1) is 9.88. The van der Waals surface area contributed by atoms with E-state index in [1.165, 1.54) is 12.1 Å². The molecule has 0 aliphatic carbocycles. The third kappa shape index (κ3) is 3.39. The molecule has 9 heteroatoms. The van der Waals surface area contributed by atoms with Crippen molar-refractivity contribution in [3.8, 4) is 11.6 Å². The van der Waals surface area contributed by atoms with Crippen molar-refractivity contribution < 1.29 is 9.66 Å². The average molecular weight is 327 g/mol. The maximum Gasteiger partial charge on any atom is 0.272 e. The van der Waals surface area contributed by atoms with E-state index >= 15 is 0 Å². The van der Waals surface area contributed by atoms with Crippen LogP contribution in [-0.4, -0.2) is 15.7 Å². The normalized spacial score (nSPS) is 10.2. The lowest BCUT2D eigenvalue weighted by Gasteiger charge is -2.09. The van der Waals surface area contributed by atoms with Crippen LogP contribution in [0.25, 0.3) is 0 Å². The number of nitrogens with zero attached hydrogens (tertiary/aromatic N) is 2. The quantitative estimate of drug-likeness (QED) is 0.386. The van der Waals surface area contributed by atoms with Gasteiger partial charge < -0.3 is 10.5 Å². The average Bonchev–Trinajstić information content (AvgIpc) is 2.42. The summed E-state index contributed by atoms with van der Waals surface area (Å²) in [4.78, 5) is 14.1. The zero-order chi connectivity index (χ0) is 15.6. The number of non-ortho nitro benzene ring substituents is 1. The lowest BCUT2D eigenvalue weighted by molar-refractivity contribution is -0.384. The monoisotopic (exact) mass is 326 g/mol. The zero-order valence-corrected chi connectivity index (χ0v) is 11.9. The van der Waals surface area contributed by atoms with E-state index in [9.17, 15) is 10.1 Å². The molecule has 0 aliphatic heterocycles. The third-order valence-electron chi connectivity index (χ3n) is 2.40. The van der Waals surface area contributed by atoms with Crippen molar-refractivity contribution in [3.63, 3.8) is 0 Å². The topological polar surface area (TPSA) is 115 Å². The smallest absolute Gasteiger partial charge is 0.272 e. The van der Waals surface area contributed by atoms with Crippen LogP contribution in [0.1, 0.15) is 5.69 Å². The number of rotatable bonds is 4. The zero-order valence-electron chi connectivity index (χ0n) is 10.3. The molecule has 21 heavy (non-hydrogen) atoms. The summed E-state index contributed by atoms with van der Waals surface area (Å²) >= 11 is 11.8. The predicted octanol–water partition coefficient (Wildman–Crippen LogP) is 3.37. The van der Waals surface area contributed by atoms with Gasteiger partial charge in [0.25, 0.3) is 5.69 Å². The van der Waals surface area contributed by atoms with Crippen LogP contribution in [0.5, 0.6) is 11.6 Å². The van der Waals surface area contributed by atoms with E-state index in [1.807, 2.05) is 0 Å². The summed E-state index contributed by atoms with van der Waals surface area (Å²) in [6, 6.07) is 6.89. The van der Waals surface area contributed by atoms with Crippen LogP contribution < -0.4 is 10.5 Å². The number of nitrogen functional groups attached to an aromatic ring is 1. The van der Waals surface area contributed by atoms with Crippen LogP contribution in [0.3, 0.4) is 0 Å². The maximum absolute atomic E-state index is 10.7. The fourth-order valence-corrected chi connectivity index (χ4v) is 2.03. The second kappa shape index (κ2) is 5.94. The number of pyridine rings is 1. The van der Waals surface area contributed by atoms with E-state index in [2.05, 4.69) is 4.98 Å². The SMILES string of the molecule is N=C(N)c1cccc(Oc2c(Cl)cc([N+](=O)[O-])cc2Cl)n1. The van der Waals surface area contributed by atoms with Crippen molar-refractivity contribution in [2.45, 2.75) is 0 Å². The number of nitro benzene ring substituents is 1. The van der Waals surface area contributed by atoms with E-state index < -0.39 is 4.92 Å². The second-order valence-electron chi connectivity index (χ2n) is 3.87. The van der Waals surface area contributed by atoms with Crippen molar-refractivity contribution >= 4 is 34.7 Å². The Kier molecular flexibility index (Phi) is 4.25. The van der Waals surface area contributed by atoms with Gasteiger partial charge in [-0.1, -0.05) is 29.3 Å². The lowest BCUT2D eigenvalue weighted by atomic mass is 10.3. The number of nitro groups is 1. The number of halogens is 2. The lowest BCUT2D eigenvalue weighted by Crippen LogP contribution is -2.13. The third-order valence-corrected chi connectivity index (χ3v) is 2.96. The molecule has 7 nitrogen and oxygen atoms in total. The number of nitrogens with two attached hydrogens (primary N) is 1. The Labute approximate surface area is 128 Å². The summed E-state index contributed by atoms with van der Waals surface area (Å²) in [6.07, 6.45) is 0. The summed E-state index contributed by atoms with van der Waals surface area (Å²) < 4.78 is 5.42. The molecule has 1 heterocycles. The summed E-state index contributed by atoms with van der Waals surface area (Å²) in [5.74, 6) is -0.0705. The van der Waals surface area contributed by atoms with Crippen LogP contribution >= 0.6 is 23.2 Å². The first kappa shape index (κ1) is 15.0. The number of nitrogens with one attached hydrogen (secondary N) is 1. The molecule has 0 bridgehead atoms. The molecule has 0 radical (unpaired) electrons. The van der Waals surface area contributed by atoms with E-state index in [4.69, 9.17) is 39.1 Å². The maximum atomic E-state index is 10.7. The Morgan fingerprint density at radius 1 is 1.33 bits per heavy atom. The van der Waals surface area contributed by atoms with Gasteiger partial charge in [-0.3, -0.25) is 15.5 Å². The van der Waals surface area contributed by atoms with E-state index in [-0.39, 0.29) is 38.9 Å². The van der Waals surface area contributed by atoms with Gasteiger partial charge in [0.1, 0.15) is 11.5 Å². The van der Waals surface area contributed by atoms with Gasteiger partial charge in [0, 0.05) is 18.2 Å². The van der Waals surface area contributed by atoms with Crippen LogP contribution in [0.15, 0.2) is 30.3 Å². The molecular weight excluding hydrogens is 319 g/mol. The van der Waals surface area contributed by atoms with E-state index in [0.717, 1.165) is 12.1 Å². The number of hydrogen-bond acceptors (Lipinski definition) is 5. The van der Waals surface area contributed by atoms with Gasteiger partial charge in [0.15, 0.2) is 5.75 Å². The van der Waals surface area contributed by atoms with Gasteiger partial charge in [-0.2, -0.15) is 0 Å². The van der Waals surface area contributed by atoms with Gasteiger partial charge in [-0.25, -0.2) is 4.98 Å². The van der Waals surface area contributed by atoms with Crippen LogP contribution in [0, 0.1) is 15.5 Å². The molecule has 0 unspecified atom stereocenters. The van der Waals surface area contributed by atoms with E-state index in [1.54, 1.807) is 6.07 Å². The molecule has 0 spiro atoms. The Balaban J connectivity index is 2.38. The minimum atomic E-state index is -0.615. The number of benzene rings is 1. The standard InChI is InChI=1S/C12H8Cl2N4O3/c13-7-4-6(18(19)20)5-8(14)11(7)21-10-3-1-2-9(17-10)12(15)16/h1-5H,(H3,15,16). The molecule has 0 saturated heterocycles. The highest BCUT2D eigenvalue weighted by molar-refractivity contribution is 6.37. The summed E-state index contributed by atoms with van der Waals surface area (Å²) in [5, 5.41) is 17.9. The van der Waals surface area contributed by atoms with Crippen molar-refractivity contribution in [1.82, 2.24) is 4.98 Å². The first-order valence-electron chi connectivity index (χ1n) is 5.51. The molecular formula is C12H8Cl2N4O3. The highest BCUT2D eigenvalue weighted by Gasteiger charge is 2.17. The molecule has 0 amide bonds. The predicted molar refractivity (Wildman–Crippen MR) is 78.4 cm³/mol. The molecule has 0 atom stereocenters. The van der Waals surface area contributed by atoms with Gasteiger partial charge in [0.2, 0.25) is 5.88 Å². The molecule has 3 N–H and O–H groups in total. The van der Waals surface area contributed by atoms with Crippen molar-refractivity contribution in [2.24, 2.45) is 5.73 Å². The molecule has 0 aliphatic rings. The Morgan fingerprint density at radius 3 is 2.48 bits per heavy atom. The Hall–Kier alpha value is -2.38. The van der Waals surface area contributed by atoms with Crippen molar-refractivity contribution in [2.75, 3.05) is 0 Å². The Morgan fingerprint density at radius 2 is 1.95 bits per heavy atom. The summed E-state index contributed by atoms with van der Waals surface area (Å²) in [7, 11) is 0. The summed E-state index contributed by atoms with van der Waals surface area (Å²) in [5.41, 5.74) is 5.30. The molecule has 2 aromatic rings. The minimum absolute atomic E-state index is 0.0239. The van der Waals surface area contributed by atoms with Gasteiger partial charge in [0.05, 0.1) is 15.0 Å². The number of amidine groups is 1. The molecule has 1 aromatic heterocycles. The number of aromatic nitrogens is 1. The molecule has 108 valence electrons. The fraction of sp³-hybridized carbons (Fsp3) is 0. The van der Waals surface area contributed by atoms with Crippen LogP contribution in [-0.2, 0) is 0 Å². The molecule has 0 fully saturated rings. The van der Waals surface area contributed by atoms with Gasteiger partial charge in [-0.15, -0.1) is 0 Å². The van der Waals surface area contributed by atoms with E-state index in [0.29, 0.717) is 0 Å². The Bertz CT molecular complexity index is 713. The van der Waals surface area contributed by atoms with Gasteiger partial charge >= 0.3 is 0 Å². The molecule has 0 saturated carbocycles. The largest absolute Gasteiger partial charge is 0.436 e. The molecule has 1 aromatic carbocycles.